The molecule has 4 nitrogen and oxygen atoms in total. The number of alkyl halides is 3. The third-order valence-electron chi connectivity index (χ3n) is 3.66. The molecule has 7 heteroatoms. The van der Waals surface area contributed by atoms with Crippen molar-refractivity contribution in [2.24, 2.45) is 5.73 Å². The van der Waals surface area contributed by atoms with Gasteiger partial charge in [-0.05, 0) is 12.0 Å². The van der Waals surface area contributed by atoms with Gasteiger partial charge < -0.3 is 5.73 Å². The molecular weight excluding hydrogens is 257 g/mol. The lowest BCUT2D eigenvalue weighted by Crippen LogP contribution is -2.66. The van der Waals surface area contributed by atoms with Crippen molar-refractivity contribution in [1.29, 1.82) is 0 Å². The summed E-state index contributed by atoms with van der Waals surface area (Å²) in [6.45, 7) is 3.52. The predicted molar refractivity (Wildman–Crippen MR) is 65.7 cm³/mol. The molecule has 0 aromatic carbocycles. The summed E-state index contributed by atoms with van der Waals surface area (Å²) in [5.41, 5.74) is 6.56. The van der Waals surface area contributed by atoms with Crippen molar-refractivity contribution in [3.05, 3.63) is 18.0 Å². The number of nitrogens with zero attached hydrogens (tertiary/aromatic N) is 3. The molecule has 2 rings (SSSR count). The van der Waals surface area contributed by atoms with Gasteiger partial charge in [0.25, 0.3) is 0 Å². The van der Waals surface area contributed by atoms with E-state index in [1.165, 1.54) is 0 Å². The smallest absolute Gasteiger partial charge is 0.328 e. The predicted octanol–water partition coefficient (Wildman–Crippen LogP) is 1.37. The van der Waals surface area contributed by atoms with Gasteiger partial charge in [0.15, 0.2) is 0 Å². The van der Waals surface area contributed by atoms with Crippen LogP contribution in [0.4, 0.5) is 13.2 Å². The molecule has 1 saturated heterocycles. The Kier molecular flexibility index (Phi) is 3.87. The molecule has 1 aromatic heterocycles. The lowest BCUT2D eigenvalue weighted by atomic mass is 9.89. The largest absolute Gasteiger partial charge is 0.390 e. The van der Waals surface area contributed by atoms with Crippen molar-refractivity contribution in [2.75, 3.05) is 26.2 Å². The molecule has 1 aliphatic rings. The topological polar surface area (TPSA) is 47.1 Å². The van der Waals surface area contributed by atoms with Gasteiger partial charge in [0, 0.05) is 32.4 Å². The minimum absolute atomic E-state index is 0.0349. The number of hydrogen-bond donors (Lipinski definition) is 1. The fourth-order valence-electron chi connectivity index (χ4n) is 2.40. The normalized spacial score (nSPS) is 19.4. The first-order chi connectivity index (χ1) is 8.88. The Bertz CT molecular complexity index is 421. The number of aromatic nitrogens is 2. The number of nitrogens with two attached hydrogens (primary N) is 1. The first kappa shape index (κ1) is 14.3. The minimum Gasteiger partial charge on any atom is -0.328 e. The summed E-state index contributed by atoms with van der Waals surface area (Å²) in [5, 5.41) is 4.28. The van der Waals surface area contributed by atoms with Crippen LogP contribution >= 0.6 is 0 Å². The average molecular weight is 276 g/mol. The highest BCUT2D eigenvalue weighted by Crippen LogP contribution is 2.30. The van der Waals surface area contributed by atoms with Gasteiger partial charge in [0.1, 0.15) is 5.54 Å². The SMILES string of the molecule is CCc1cnn(C2(CN)CN(CCC(F)(F)F)C2)c1. The summed E-state index contributed by atoms with van der Waals surface area (Å²) >= 11 is 0. The second kappa shape index (κ2) is 5.13. The minimum atomic E-state index is -4.10. The van der Waals surface area contributed by atoms with Crippen LogP contribution in [-0.2, 0) is 12.0 Å². The van der Waals surface area contributed by atoms with Crippen LogP contribution in [-0.4, -0.2) is 47.0 Å². The molecule has 0 radical (unpaired) electrons. The summed E-state index contributed by atoms with van der Waals surface area (Å²) in [6.07, 6.45) is -0.253. The molecule has 108 valence electrons. The second-order valence-electron chi connectivity index (χ2n) is 5.15. The summed E-state index contributed by atoms with van der Waals surface area (Å²) in [6, 6.07) is 0. The first-order valence-corrected chi connectivity index (χ1v) is 6.42. The van der Waals surface area contributed by atoms with E-state index in [1.807, 2.05) is 17.8 Å². The summed E-state index contributed by atoms with van der Waals surface area (Å²) in [5.74, 6) is 0. The van der Waals surface area contributed by atoms with E-state index in [9.17, 15) is 13.2 Å². The molecule has 1 aliphatic heterocycles. The van der Waals surface area contributed by atoms with Crippen molar-refractivity contribution in [2.45, 2.75) is 31.5 Å². The highest BCUT2D eigenvalue weighted by Gasteiger charge is 2.45. The molecule has 1 aromatic rings. The van der Waals surface area contributed by atoms with E-state index < -0.39 is 12.6 Å². The molecule has 0 bridgehead atoms. The molecule has 0 aliphatic carbocycles. The van der Waals surface area contributed by atoms with Crippen LogP contribution in [0, 0.1) is 0 Å². The Labute approximate surface area is 110 Å². The molecule has 2 heterocycles. The van der Waals surface area contributed by atoms with Crippen molar-refractivity contribution in [3.63, 3.8) is 0 Å². The van der Waals surface area contributed by atoms with Gasteiger partial charge in [-0.2, -0.15) is 18.3 Å². The number of rotatable bonds is 5. The van der Waals surface area contributed by atoms with Crippen molar-refractivity contribution >= 4 is 0 Å². The zero-order valence-corrected chi connectivity index (χ0v) is 11.0. The fraction of sp³-hybridized carbons (Fsp3) is 0.750. The standard InChI is InChI=1S/C12H19F3N4/c1-2-10-5-17-19(6-10)11(7-16)8-18(9-11)4-3-12(13,14)15/h5-6H,2-4,7-9,16H2,1H3. The summed E-state index contributed by atoms with van der Waals surface area (Å²) in [4.78, 5) is 1.77. The third-order valence-corrected chi connectivity index (χ3v) is 3.66. The Morgan fingerprint density at radius 3 is 2.58 bits per heavy atom. The maximum absolute atomic E-state index is 12.2. The van der Waals surface area contributed by atoms with E-state index in [2.05, 4.69) is 5.10 Å². The van der Waals surface area contributed by atoms with E-state index in [-0.39, 0.29) is 12.1 Å². The van der Waals surface area contributed by atoms with Crippen LogP contribution in [0.3, 0.4) is 0 Å². The van der Waals surface area contributed by atoms with E-state index >= 15 is 0 Å². The molecule has 0 atom stereocenters. The molecule has 0 amide bonds. The van der Waals surface area contributed by atoms with E-state index in [0.717, 1.165) is 12.0 Å². The zero-order chi connectivity index (χ0) is 14.1. The quantitative estimate of drug-likeness (QED) is 0.883. The van der Waals surface area contributed by atoms with Gasteiger partial charge in [-0.15, -0.1) is 0 Å². The van der Waals surface area contributed by atoms with Gasteiger partial charge >= 0.3 is 6.18 Å². The maximum atomic E-state index is 12.2. The molecule has 19 heavy (non-hydrogen) atoms. The Morgan fingerprint density at radius 2 is 2.11 bits per heavy atom. The van der Waals surface area contributed by atoms with Crippen LogP contribution in [0.5, 0.6) is 0 Å². The molecule has 0 saturated carbocycles. The Morgan fingerprint density at radius 1 is 1.42 bits per heavy atom. The van der Waals surface area contributed by atoms with Crippen LogP contribution in [0.15, 0.2) is 12.4 Å². The average Bonchev–Trinajstić information content (AvgIpc) is 2.75. The molecule has 0 unspecified atom stereocenters. The molecular formula is C12H19F3N4. The van der Waals surface area contributed by atoms with E-state index in [1.54, 1.807) is 11.1 Å². The van der Waals surface area contributed by atoms with Crippen LogP contribution in [0.2, 0.25) is 0 Å². The fourth-order valence-corrected chi connectivity index (χ4v) is 2.40. The van der Waals surface area contributed by atoms with Gasteiger partial charge in [-0.3, -0.25) is 9.58 Å². The van der Waals surface area contributed by atoms with Gasteiger partial charge in [-0.25, -0.2) is 0 Å². The third kappa shape index (κ3) is 3.09. The molecule has 1 fully saturated rings. The second-order valence-corrected chi connectivity index (χ2v) is 5.15. The van der Waals surface area contributed by atoms with Crippen molar-refractivity contribution in [3.8, 4) is 0 Å². The van der Waals surface area contributed by atoms with Crippen LogP contribution < -0.4 is 5.73 Å². The number of halogens is 3. The first-order valence-electron chi connectivity index (χ1n) is 6.42. The lowest BCUT2D eigenvalue weighted by Gasteiger charge is -2.49. The summed E-state index contributed by atoms with van der Waals surface area (Å²) in [7, 11) is 0. The van der Waals surface area contributed by atoms with E-state index in [4.69, 9.17) is 5.73 Å². The van der Waals surface area contributed by atoms with Crippen LogP contribution in [0.1, 0.15) is 18.9 Å². The highest BCUT2D eigenvalue weighted by molar-refractivity contribution is 5.09. The van der Waals surface area contributed by atoms with Gasteiger partial charge in [0.2, 0.25) is 0 Å². The summed E-state index contributed by atoms with van der Waals surface area (Å²) < 4.78 is 38.3. The monoisotopic (exact) mass is 276 g/mol. The van der Waals surface area contributed by atoms with Gasteiger partial charge in [-0.1, -0.05) is 6.92 Å². The zero-order valence-electron chi connectivity index (χ0n) is 11.0. The molecule has 2 N–H and O–H groups in total. The van der Waals surface area contributed by atoms with Crippen molar-refractivity contribution in [1.82, 2.24) is 14.7 Å². The number of aryl methyl sites for hydroxylation is 1. The Hall–Kier alpha value is -1.08. The van der Waals surface area contributed by atoms with Gasteiger partial charge in [0.05, 0.1) is 12.6 Å². The molecule has 0 spiro atoms. The lowest BCUT2D eigenvalue weighted by molar-refractivity contribution is -0.144. The van der Waals surface area contributed by atoms with E-state index in [0.29, 0.717) is 19.6 Å². The van der Waals surface area contributed by atoms with Crippen molar-refractivity contribution < 1.29 is 13.2 Å². The van der Waals surface area contributed by atoms with Crippen LogP contribution in [0.25, 0.3) is 0 Å². The Balaban J connectivity index is 1.93. The number of likely N-dealkylation sites (tertiary alicyclic amines) is 1. The number of hydrogen-bond acceptors (Lipinski definition) is 3. The highest BCUT2D eigenvalue weighted by atomic mass is 19.4. The maximum Gasteiger partial charge on any atom is 0.390 e.